The van der Waals surface area contributed by atoms with Crippen LogP contribution >= 0.6 is 74.1 Å². The summed E-state index contributed by atoms with van der Waals surface area (Å²) in [6.07, 6.45) is 0. The Bertz CT molecular complexity index is 1390. The van der Waals surface area contributed by atoms with Crippen LogP contribution in [0, 0.1) is 5.82 Å². The fourth-order valence-corrected chi connectivity index (χ4v) is 5.25. The van der Waals surface area contributed by atoms with Crippen molar-refractivity contribution in [1.82, 2.24) is 0 Å². The van der Waals surface area contributed by atoms with E-state index in [0.29, 0.717) is 9.37 Å². The van der Waals surface area contributed by atoms with Gasteiger partial charge >= 0.3 is 5.97 Å². The Morgan fingerprint density at radius 1 is 0.944 bits per heavy atom. The van der Waals surface area contributed by atoms with Gasteiger partial charge in [0.05, 0.1) is 42.2 Å². The van der Waals surface area contributed by atoms with Crippen LogP contribution in [0.1, 0.15) is 27.6 Å². The normalized spacial score (nSPS) is 11.6. The molecule has 1 unspecified atom stereocenters. The highest BCUT2D eigenvalue weighted by molar-refractivity contribution is 9.10. The van der Waals surface area contributed by atoms with E-state index in [1.54, 1.807) is 37.3 Å². The van der Waals surface area contributed by atoms with E-state index in [9.17, 15) is 23.9 Å². The first-order valence-electron chi connectivity index (χ1n) is 9.84. The molecule has 0 aromatic heterocycles. The van der Waals surface area contributed by atoms with E-state index in [1.165, 1.54) is 12.1 Å². The van der Waals surface area contributed by atoms with E-state index < -0.39 is 45.0 Å². The van der Waals surface area contributed by atoms with Gasteiger partial charge in [-0.2, -0.15) is 0 Å². The maximum atomic E-state index is 14.0. The topological polar surface area (TPSA) is 95.5 Å². The van der Waals surface area contributed by atoms with Gasteiger partial charge in [-0.05, 0) is 43.3 Å². The quantitative estimate of drug-likeness (QED) is 0.135. The molecule has 0 saturated carbocycles. The summed E-state index contributed by atoms with van der Waals surface area (Å²) in [6.45, 7) is 1.64. The Morgan fingerprint density at radius 3 is 2.19 bits per heavy atom. The van der Waals surface area contributed by atoms with E-state index in [4.69, 9.17) is 46.4 Å². The van der Waals surface area contributed by atoms with Gasteiger partial charge < -0.3 is 15.7 Å². The van der Waals surface area contributed by atoms with Crippen molar-refractivity contribution in [3.05, 3.63) is 84.0 Å². The standard InChI is InChI=1S/C23H14BrCl4FN2O4S/c1-9(21(32)31-14-6-5-10(24)7-13(14)29)36-12-4-2-3-11(8-12)30-22(33)15-16(23(34)35)18(26)20(28)19(27)17(15)25/h2-9H,1H3,(H,30,33)(H,31,32)(H,34,35). The van der Waals surface area contributed by atoms with E-state index >= 15 is 0 Å². The molecule has 0 saturated heterocycles. The summed E-state index contributed by atoms with van der Waals surface area (Å²) in [5, 5.41) is 12.7. The minimum absolute atomic E-state index is 0.0445. The van der Waals surface area contributed by atoms with Crippen LogP contribution < -0.4 is 10.6 Å². The third-order valence-corrected chi connectivity index (χ3v) is 8.06. The van der Waals surface area contributed by atoms with Crippen molar-refractivity contribution in [2.45, 2.75) is 17.1 Å². The van der Waals surface area contributed by atoms with Crippen molar-refractivity contribution in [1.29, 1.82) is 0 Å². The van der Waals surface area contributed by atoms with Gasteiger partial charge in [0.2, 0.25) is 5.91 Å². The number of anilines is 2. The van der Waals surface area contributed by atoms with Gasteiger partial charge in [0.1, 0.15) is 5.82 Å². The molecule has 0 heterocycles. The summed E-state index contributed by atoms with van der Waals surface area (Å²) in [5.74, 6) is -3.41. The summed E-state index contributed by atoms with van der Waals surface area (Å²) in [4.78, 5) is 37.8. The Kier molecular flexibility index (Phi) is 9.54. The molecule has 0 fully saturated rings. The molecule has 3 rings (SSSR count). The molecule has 36 heavy (non-hydrogen) atoms. The van der Waals surface area contributed by atoms with E-state index in [2.05, 4.69) is 26.6 Å². The molecule has 0 aliphatic carbocycles. The summed E-state index contributed by atoms with van der Waals surface area (Å²) in [7, 11) is 0. The van der Waals surface area contributed by atoms with Crippen LogP contribution in [0.2, 0.25) is 20.1 Å². The molecule has 3 N–H and O–H groups in total. The zero-order valence-corrected chi connectivity index (χ0v) is 23.4. The second-order valence-electron chi connectivity index (χ2n) is 7.17. The maximum Gasteiger partial charge on any atom is 0.338 e. The Labute approximate surface area is 237 Å². The van der Waals surface area contributed by atoms with Crippen LogP contribution in [0.25, 0.3) is 0 Å². The number of aromatic carboxylic acids is 1. The van der Waals surface area contributed by atoms with E-state index in [-0.39, 0.29) is 26.4 Å². The molecular formula is C23H14BrCl4FN2O4S. The number of hydrogen-bond donors (Lipinski definition) is 3. The minimum atomic E-state index is -1.52. The third kappa shape index (κ3) is 6.45. The summed E-state index contributed by atoms with van der Waals surface area (Å²) < 4.78 is 14.6. The number of carbonyl (C=O) groups excluding carboxylic acids is 2. The number of benzene rings is 3. The average molecular weight is 655 g/mol. The number of nitrogens with one attached hydrogen (secondary N) is 2. The average Bonchev–Trinajstić information content (AvgIpc) is 2.81. The Balaban J connectivity index is 1.78. The number of carboxylic acid groups (broad SMARTS) is 1. The molecule has 2 amide bonds. The number of halogens is 6. The minimum Gasteiger partial charge on any atom is -0.478 e. The smallest absolute Gasteiger partial charge is 0.338 e. The van der Waals surface area contributed by atoms with Crippen molar-refractivity contribution in [3.8, 4) is 0 Å². The third-order valence-electron chi connectivity index (χ3n) is 4.67. The molecule has 0 spiro atoms. The van der Waals surface area contributed by atoms with Gasteiger partial charge in [0.15, 0.2) is 0 Å². The van der Waals surface area contributed by atoms with Crippen molar-refractivity contribution < 1.29 is 23.9 Å². The predicted octanol–water partition coefficient (Wildman–Crippen LogP) is 8.27. The number of hydrogen-bond acceptors (Lipinski definition) is 4. The highest BCUT2D eigenvalue weighted by Gasteiger charge is 2.29. The number of carbonyl (C=O) groups is 3. The van der Waals surface area contributed by atoms with Crippen LogP contribution in [-0.2, 0) is 4.79 Å². The van der Waals surface area contributed by atoms with Gasteiger partial charge in [-0.25, -0.2) is 9.18 Å². The molecule has 1 atom stereocenters. The summed E-state index contributed by atoms with van der Waals surface area (Å²) in [5.41, 5.74) is -0.718. The van der Waals surface area contributed by atoms with Crippen molar-refractivity contribution in [2.24, 2.45) is 0 Å². The van der Waals surface area contributed by atoms with E-state index in [1.807, 2.05) is 0 Å². The molecule has 6 nitrogen and oxygen atoms in total. The monoisotopic (exact) mass is 652 g/mol. The number of carboxylic acids is 1. The second kappa shape index (κ2) is 12.0. The van der Waals surface area contributed by atoms with E-state index in [0.717, 1.165) is 11.8 Å². The number of rotatable bonds is 7. The molecule has 0 aliphatic rings. The van der Waals surface area contributed by atoms with Crippen LogP contribution in [-0.4, -0.2) is 28.1 Å². The van der Waals surface area contributed by atoms with Crippen molar-refractivity contribution in [2.75, 3.05) is 10.6 Å². The first kappa shape index (κ1) is 28.6. The zero-order valence-electron chi connectivity index (χ0n) is 18.0. The molecular weight excluding hydrogens is 641 g/mol. The fourth-order valence-electron chi connectivity index (χ4n) is 2.97. The molecule has 0 bridgehead atoms. The lowest BCUT2D eigenvalue weighted by atomic mass is 10.1. The Hall–Kier alpha value is -2.01. The highest BCUT2D eigenvalue weighted by Crippen LogP contribution is 2.42. The fraction of sp³-hybridized carbons (Fsp3) is 0.0870. The van der Waals surface area contributed by atoms with Gasteiger partial charge in [0.25, 0.3) is 5.91 Å². The van der Waals surface area contributed by atoms with Gasteiger partial charge in [-0.15, -0.1) is 11.8 Å². The lowest BCUT2D eigenvalue weighted by Crippen LogP contribution is -2.23. The first-order chi connectivity index (χ1) is 16.9. The van der Waals surface area contributed by atoms with Crippen molar-refractivity contribution >= 4 is 103 Å². The number of amides is 2. The van der Waals surface area contributed by atoms with Crippen molar-refractivity contribution in [3.63, 3.8) is 0 Å². The van der Waals surface area contributed by atoms with Gasteiger partial charge in [-0.1, -0.05) is 68.4 Å². The predicted molar refractivity (Wildman–Crippen MR) is 146 cm³/mol. The molecule has 13 heteroatoms. The first-order valence-corrected chi connectivity index (χ1v) is 13.0. The molecule has 0 aliphatic heterocycles. The van der Waals surface area contributed by atoms with Gasteiger partial charge in [0, 0.05) is 15.1 Å². The van der Waals surface area contributed by atoms with Crippen LogP contribution in [0.4, 0.5) is 15.8 Å². The maximum absolute atomic E-state index is 14.0. The number of thioether (sulfide) groups is 1. The molecule has 3 aromatic rings. The summed E-state index contributed by atoms with van der Waals surface area (Å²) in [6, 6.07) is 10.7. The molecule has 188 valence electrons. The lowest BCUT2D eigenvalue weighted by Gasteiger charge is -2.15. The largest absolute Gasteiger partial charge is 0.478 e. The molecule has 0 radical (unpaired) electrons. The van der Waals surface area contributed by atoms with Crippen LogP contribution in [0.15, 0.2) is 51.8 Å². The van der Waals surface area contributed by atoms with Gasteiger partial charge in [-0.3, -0.25) is 9.59 Å². The van der Waals surface area contributed by atoms with Crippen LogP contribution in [0.5, 0.6) is 0 Å². The lowest BCUT2D eigenvalue weighted by molar-refractivity contribution is -0.115. The zero-order chi connectivity index (χ0) is 26.7. The molecule has 3 aromatic carbocycles. The summed E-state index contributed by atoms with van der Waals surface area (Å²) >= 11 is 28.4. The second-order valence-corrected chi connectivity index (χ2v) is 11.0. The Morgan fingerprint density at radius 2 is 1.58 bits per heavy atom. The SMILES string of the molecule is CC(Sc1cccc(NC(=O)c2c(Cl)c(Cl)c(Cl)c(Cl)c2C(=O)O)c1)C(=O)Nc1ccc(Br)cc1F. The highest BCUT2D eigenvalue weighted by atomic mass is 79.9. The van der Waals surface area contributed by atoms with Crippen LogP contribution in [0.3, 0.4) is 0 Å².